The molecular weight excluding hydrogens is 470 g/mol. The van der Waals surface area contributed by atoms with Crippen molar-refractivity contribution in [1.29, 1.82) is 0 Å². The Labute approximate surface area is 208 Å². The van der Waals surface area contributed by atoms with Gasteiger partial charge in [0, 0.05) is 27.5 Å². The first kappa shape index (κ1) is 26.9. The molecule has 0 spiro atoms. The van der Waals surface area contributed by atoms with E-state index in [9.17, 15) is 10.1 Å². The summed E-state index contributed by atoms with van der Waals surface area (Å²) in [7, 11) is 1.56. The zero-order chi connectivity index (χ0) is 25.6. The molecule has 0 saturated carbocycles. The van der Waals surface area contributed by atoms with Crippen molar-refractivity contribution >= 4 is 5.71 Å². The number of rotatable bonds is 16. The van der Waals surface area contributed by atoms with Crippen LogP contribution in [0.3, 0.4) is 0 Å². The van der Waals surface area contributed by atoms with Gasteiger partial charge in [-0.2, -0.15) is 0 Å². The smallest absolute Gasteiger partial charge is 0.280 e. The number of methoxy groups -OCH3 is 1. The number of nitrogens with zero attached hydrogens (tertiary/aromatic N) is 5. The largest absolute Gasteiger partial charge is 0.497 e. The lowest BCUT2D eigenvalue weighted by Gasteiger charge is -2.21. The summed E-state index contributed by atoms with van der Waals surface area (Å²) in [6.07, 6.45) is 0. The fourth-order valence-electron chi connectivity index (χ4n) is 3.61. The van der Waals surface area contributed by atoms with Gasteiger partial charge in [-0.3, -0.25) is 15.1 Å². The van der Waals surface area contributed by atoms with Crippen molar-refractivity contribution in [2.45, 2.75) is 12.6 Å². The van der Waals surface area contributed by atoms with Gasteiger partial charge in [0.1, 0.15) is 23.8 Å². The average Bonchev–Trinajstić information content (AvgIpc) is 2.90. The second-order valence-corrected chi connectivity index (χ2v) is 7.62. The molecule has 2 aromatic carbocycles. The van der Waals surface area contributed by atoms with Gasteiger partial charge in [0.05, 0.1) is 53.3 Å². The van der Waals surface area contributed by atoms with Crippen LogP contribution in [0, 0.1) is 10.1 Å². The first-order chi connectivity index (χ1) is 17.6. The van der Waals surface area contributed by atoms with Gasteiger partial charge >= 0.3 is 0 Å². The Morgan fingerprint density at radius 1 is 1.00 bits per heavy atom. The summed E-state index contributed by atoms with van der Waals surface area (Å²) in [6.45, 7) is 3.51. The molecule has 0 N–H and O–H groups in total. The summed E-state index contributed by atoms with van der Waals surface area (Å²) >= 11 is 0. The number of azide groups is 1. The van der Waals surface area contributed by atoms with E-state index in [2.05, 4.69) is 15.0 Å². The van der Waals surface area contributed by atoms with E-state index < -0.39 is 6.04 Å². The van der Waals surface area contributed by atoms with Crippen LogP contribution in [0.15, 0.2) is 52.6 Å². The normalized spacial score (nSPS) is 14.4. The summed E-state index contributed by atoms with van der Waals surface area (Å²) in [5, 5.41) is 15.3. The topological polar surface area (TPSA) is 150 Å². The Morgan fingerprint density at radius 3 is 2.28 bits per heavy atom. The number of benzene rings is 2. The van der Waals surface area contributed by atoms with Gasteiger partial charge < -0.3 is 23.7 Å². The van der Waals surface area contributed by atoms with Crippen LogP contribution in [0.2, 0.25) is 0 Å². The number of hydrogen-bond donors (Lipinski definition) is 0. The Kier molecular flexibility index (Phi) is 10.9. The van der Waals surface area contributed by atoms with Crippen molar-refractivity contribution in [1.82, 2.24) is 0 Å². The molecule has 0 fully saturated rings. The summed E-state index contributed by atoms with van der Waals surface area (Å²) in [5.41, 5.74) is 10.7. The monoisotopic (exact) mass is 499 g/mol. The van der Waals surface area contributed by atoms with Crippen LogP contribution in [0.25, 0.3) is 10.4 Å². The van der Waals surface area contributed by atoms with Gasteiger partial charge in [0.2, 0.25) is 0 Å². The van der Waals surface area contributed by atoms with Gasteiger partial charge in [0.25, 0.3) is 6.04 Å². The minimum atomic E-state index is -1.04. The molecule has 1 aliphatic heterocycles. The lowest BCUT2D eigenvalue weighted by Crippen LogP contribution is -2.26. The first-order valence-corrected chi connectivity index (χ1v) is 11.5. The Hall–Kier alpha value is -3.70. The highest BCUT2D eigenvalue weighted by Gasteiger charge is 2.35. The van der Waals surface area contributed by atoms with Crippen molar-refractivity contribution in [2.24, 2.45) is 10.1 Å². The molecule has 2 aromatic rings. The third-order valence-corrected chi connectivity index (χ3v) is 5.32. The Morgan fingerprint density at radius 2 is 1.64 bits per heavy atom. The second-order valence-electron chi connectivity index (χ2n) is 7.62. The second kappa shape index (κ2) is 14.6. The number of fused-ring (bicyclic) bond motifs is 1. The van der Waals surface area contributed by atoms with Crippen molar-refractivity contribution in [3.05, 3.63) is 79.7 Å². The highest BCUT2D eigenvalue weighted by molar-refractivity contribution is 6.05. The molecule has 1 atom stereocenters. The SMILES string of the molecule is COc1ccc2c(c1)CN=C(c1ccc(OCCOCCOCCOCCN=[N+]=[N-])cc1)C2[N+](=O)[O-]. The molecule has 0 radical (unpaired) electrons. The predicted octanol–water partition coefficient (Wildman–Crippen LogP) is 3.75. The molecule has 12 heteroatoms. The summed E-state index contributed by atoms with van der Waals surface area (Å²) in [6, 6.07) is 11.3. The van der Waals surface area contributed by atoms with Crippen molar-refractivity contribution in [3.63, 3.8) is 0 Å². The molecule has 0 aliphatic carbocycles. The molecule has 1 aliphatic rings. The van der Waals surface area contributed by atoms with Crippen LogP contribution in [0.1, 0.15) is 22.7 Å². The van der Waals surface area contributed by atoms with Crippen LogP contribution < -0.4 is 9.47 Å². The number of ether oxygens (including phenoxy) is 5. The van der Waals surface area contributed by atoms with E-state index in [4.69, 9.17) is 29.2 Å². The minimum absolute atomic E-state index is 0.307. The van der Waals surface area contributed by atoms with Crippen LogP contribution in [-0.2, 0) is 20.8 Å². The third-order valence-electron chi connectivity index (χ3n) is 5.32. The van der Waals surface area contributed by atoms with Crippen LogP contribution >= 0.6 is 0 Å². The molecule has 0 saturated heterocycles. The van der Waals surface area contributed by atoms with Crippen molar-refractivity contribution in [2.75, 3.05) is 59.9 Å². The molecule has 36 heavy (non-hydrogen) atoms. The zero-order valence-corrected chi connectivity index (χ0v) is 20.1. The van der Waals surface area contributed by atoms with E-state index in [1.54, 1.807) is 49.6 Å². The van der Waals surface area contributed by atoms with E-state index in [1.165, 1.54) is 0 Å². The zero-order valence-electron chi connectivity index (χ0n) is 20.1. The molecule has 1 unspecified atom stereocenters. The maximum absolute atomic E-state index is 11.9. The van der Waals surface area contributed by atoms with Gasteiger partial charge in [-0.25, -0.2) is 0 Å². The molecule has 192 valence electrons. The fourth-order valence-corrected chi connectivity index (χ4v) is 3.61. The molecule has 0 bridgehead atoms. The fraction of sp³-hybridized carbons (Fsp3) is 0.458. The number of aliphatic imine (C=N–C) groups is 1. The third kappa shape index (κ3) is 7.92. The number of nitro groups is 1. The lowest BCUT2D eigenvalue weighted by molar-refractivity contribution is -0.508. The maximum atomic E-state index is 11.9. The van der Waals surface area contributed by atoms with Crippen LogP contribution in [0.5, 0.6) is 11.5 Å². The van der Waals surface area contributed by atoms with Gasteiger partial charge in [-0.1, -0.05) is 5.11 Å². The molecular formula is C24H29N5O7. The van der Waals surface area contributed by atoms with Crippen molar-refractivity contribution < 1.29 is 28.6 Å². The van der Waals surface area contributed by atoms with Gasteiger partial charge in [0.15, 0.2) is 0 Å². The van der Waals surface area contributed by atoms with E-state index in [-0.39, 0.29) is 4.92 Å². The molecule has 0 aromatic heterocycles. The van der Waals surface area contributed by atoms with E-state index in [1.807, 2.05) is 0 Å². The maximum Gasteiger partial charge on any atom is 0.280 e. The highest BCUT2D eigenvalue weighted by atomic mass is 16.6. The molecule has 3 rings (SSSR count). The minimum Gasteiger partial charge on any atom is -0.497 e. The van der Waals surface area contributed by atoms with Crippen LogP contribution in [-0.4, -0.2) is 70.5 Å². The van der Waals surface area contributed by atoms with E-state index in [0.717, 1.165) is 5.56 Å². The van der Waals surface area contributed by atoms with Gasteiger partial charge in [-0.05, 0) is 53.6 Å². The highest BCUT2D eigenvalue weighted by Crippen LogP contribution is 2.33. The van der Waals surface area contributed by atoms with E-state index >= 15 is 0 Å². The lowest BCUT2D eigenvalue weighted by atomic mass is 9.90. The first-order valence-electron chi connectivity index (χ1n) is 11.5. The molecule has 1 heterocycles. The average molecular weight is 500 g/mol. The Balaban J connectivity index is 1.38. The predicted molar refractivity (Wildman–Crippen MR) is 131 cm³/mol. The van der Waals surface area contributed by atoms with Crippen molar-refractivity contribution in [3.8, 4) is 11.5 Å². The quantitative estimate of drug-likeness (QED) is 0.0852. The molecule has 12 nitrogen and oxygen atoms in total. The summed E-state index contributed by atoms with van der Waals surface area (Å²) in [5.74, 6) is 1.29. The molecule has 0 amide bonds. The summed E-state index contributed by atoms with van der Waals surface area (Å²) < 4.78 is 27.0. The van der Waals surface area contributed by atoms with Crippen LogP contribution in [0.4, 0.5) is 0 Å². The summed E-state index contributed by atoms with van der Waals surface area (Å²) in [4.78, 5) is 18.7. The van der Waals surface area contributed by atoms with Gasteiger partial charge in [-0.15, -0.1) is 0 Å². The Bertz CT molecular complexity index is 1070. The van der Waals surface area contributed by atoms with E-state index in [0.29, 0.717) is 87.7 Å². The standard InChI is InChI=1S/C24H29N5O7/c1-32-21-6-7-22-19(16-21)17-26-23(24(22)29(30)31)18-2-4-20(5-3-18)36-15-14-35-13-12-34-11-10-33-9-8-27-28-25/h2-7,16,24H,8-15,17H2,1H3. The number of hydrogen-bond acceptors (Lipinski definition) is 9.